The van der Waals surface area contributed by atoms with Crippen molar-refractivity contribution in [1.29, 1.82) is 0 Å². The van der Waals surface area contributed by atoms with Gasteiger partial charge in [0.05, 0.1) is 45.6 Å². The second kappa shape index (κ2) is 10.1. The van der Waals surface area contributed by atoms with Gasteiger partial charge < -0.3 is 19.0 Å². The summed E-state index contributed by atoms with van der Waals surface area (Å²) < 4.78 is 23.6. The lowest BCUT2D eigenvalue weighted by atomic mass is 10.2. The number of nitrogens with one attached hydrogen (secondary N) is 1. The summed E-state index contributed by atoms with van der Waals surface area (Å²) in [6.45, 7) is 5.41. The van der Waals surface area contributed by atoms with Gasteiger partial charge in [-0.2, -0.15) is 0 Å². The maximum absolute atomic E-state index is 12.8. The highest BCUT2D eigenvalue weighted by atomic mass is 19.1. The first kappa shape index (κ1) is 19.4. The number of piperazine rings is 1. The molecule has 1 amide bonds. The van der Waals surface area contributed by atoms with Gasteiger partial charge in [-0.25, -0.2) is 4.39 Å². The van der Waals surface area contributed by atoms with Gasteiger partial charge in [-0.05, 0) is 62.1 Å². The molecule has 1 aromatic heterocycles. The van der Waals surface area contributed by atoms with E-state index in [4.69, 9.17) is 9.15 Å². The highest BCUT2D eigenvalue weighted by Crippen LogP contribution is 2.12. The summed E-state index contributed by atoms with van der Waals surface area (Å²) in [5.41, 5.74) is 0. The third kappa shape index (κ3) is 6.10. The summed E-state index contributed by atoms with van der Waals surface area (Å²) in [6, 6.07) is 9.63. The minimum Gasteiger partial charge on any atom is -0.494 e. The summed E-state index contributed by atoms with van der Waals surface area (Å²) in [5, 5.41) is 0. The Morgan fingerprint density at radius 3 is 2.52 bits per heavy atom. The maximum Gasteiger partial charge on any atom is 0.289 e. The van der Waals surface area contributed by atoms with E-state index in [1.54, 1.807) is 35.4 Å². The van der Waals surface area contributed by atoms with Gasteiger partial charge in [0.15, 0.2) is 5.76 Å². The molecule has 5 nitrogen and oxygen atoms in total. The Hall–Kier alpha value is -2.34. The number of amides is 1. The molecule has 1 aliphatic heterocycles. The molecular formula is C21H28FN2O3+. The summed E-state index contributed by atoms with van der Waals surface area (Å²) in [7, 11) is 0. The van der Waals surface area contributed by atoms with Crippen LogP contribution in [-0.4, -0.2) is 50.1 Å². The zero-order chi connectivity index (χ0) is 18.9. The van der Waals surface area contributed by atoms with Crippen LogP contribution in [0.15, 0.2) is 47.1 Å². The molecule has 0 saturated carbocycles. The van der Waals surface area contributed by atoms with Crippen LogP contribution in [0.25, 0.3) is 0 Å². The van der Waals surface area contributed by atoms with Gasteiger partial charge in [0.2, 0.25) is 0 Å². The molecule has 0 bridgehead atoms. The number of ether oxygens (including phenoxy) is 1. The molecule has 146 valence electrons. The minimum absolute atomic E-state index is 0.000189. The molecule has 1 aliphatic rings. The van der Waals surface area contributed by atoms with Crippen LogP contribution in [0.3, 0.4) is 0 Å². The van der Waals surface area contributed by atoms with Crippen LogP contribution in [-0.2, 0) is 0 Å². The monoisotopic (exact) mass is 375 g/mol. The maximum atomic E-state index is 12.8. The number of nitrogens with zero attached hydrogens (tertiary/aromatic N) is 1. The van der Waals surface area contributed by atoms with Crippen molar-refractivity contribution in [2.24, 2.45) is 0 Å². The molecule has 1 N–H and O–H groups in total. The van der Waals surface area contributed by atoms with E-state index in [9.17, 15) is 9.18 Å². The molecule has 1 aromatic carbocycles. The standard InChI is InChI=1S/C21H27FN2O3/c22-18-7-9-19(10-8-18)26-16-4-2-1-3-11-23-12-14-24(15-13-23)21(25)20-6-5-17-27-20/h5-10,17H,1-4,11-16H2/p+1. The van der Waals surface area contributed by atoms with E-state index >= 15 is 0 Å². The number of hydrogen-bond donors (Lipinski definition) is 1. The summed E-state index contributed by atoms with van der Waals surface area (Å²) >= 11 is 0. The van der Waals surface area contributed by atoms with E-state index in [0.717, 1.165) is 51.3 Å². The number of halogens is 1. The van der Waals surface area contributed by atoms with Crippen molar-refractivity contribution in [3.63, 3.8) is 0 Å². The molecule has 0 spiro atoms. The highest BCUT2D eigenvalue weighted by molar-refractivity contribution is 5.91. The molecule has 1 saturated heterocycles. The van der Waals surface area contributed by atoms with Crippen LogP contribution in [0, 0.1) is 5.82 Å². The molecule has 3 rings (SSSR count). The summed E-state index contributed by atoms with van der Waals surface area (Å²) in [5.74, 6) is 0.917. The molecule has 0 unspecified atom stereocenters. The fraction of sp³-hybridized carbons (Fsp3) is 0.476. The topological polar surface area (TPSA) is 47.1 Å². The Kier molecular flexibility index (Phi) is 7.27. The van der Waals surface area contributed by atoms with E-state index in [0.29, 0.717) is 12.4 Å². The molecule has 2 heterocycles. The van der Waals surface area contributed by atoms with Crippen LogP contribution < -0.4 is 9.64 Å². The summed E-state index contributed by atoms with van der Waals surface area (Å²) in [6.07, 6.45) is 6.07. The number of quaternary nitrogens is 1. The number of carbonyl (C=O) groups is 1. The van der Waals surface area contributed by atoms with Crippen molar-refractivity contribution in [2.45, 2.75) is 25.7 Å². The van der Waals surface area contributed by atoms with Gasteiger partial charge in [-0.15, -0.1) is 0 Å². The van der Waals surface area contributed by atoms with Crippen molar-refractivity contribution >= 4 is 5.91 Å². The van der Waals surface area contributed by atoms with Crippen molar-refractivity contribution in [3.8, 4) is 5.75 Å². The molecule has 6 heteroatoms. The van der Waals surface area contributed by atoms with E-state index in [2.05, 4.69) is 0 Å². The number of rotatable bonds is 9. The van der Waals surface area contributed by atoms with Crippen LogP contribution in [0.4, 0.5) is 4.39 Å². The average molecular weight is 375 g/mol. The molecule has 0 atom stereocenters. The molecule has 1 fully saturated rings. The molecule has 0 aliphatic carbocycles. The second-order valence-electron chi connectivity index (χ2n) is 6.99. The number of hydrogen-bond acceptors (Lipinski definition) is 3. The fourth-order valence-electron chi connectivity index (χ4n) is 3.38. The van der Waals surface area contributed by atoms with Gasteiger partial charge in [0, 0.05) is 0 Å². The first-order chi connectivity index (χ1) is 13.2. The van der Waals surface area contributed by atoms with Crippen LogP contribution in [0.5, 0.6) is 5.75 Å². The normalized spacial score (nSPS) is 15.1. The third-order valence-corrected chi connectivity index (χ3v) is 5.00. The smallest absolute Gasteiger partial charge is 0.289 e. The van der Waals surface area contributed by atoms with Gasteiger partial charge in [-0.1, -0.05) is 0 Å². The van der Waals surface area contributed by atoms with Crippen LogP contribution >= 0.6 is 0 Å². The predicted octanol–water partition coefficient (Wildman–Crippen LogP) is 2.40. The van der Waals surface area contributed by atoms with Gasteiger partial charge in [0.1, 0.15) is 11.6 Å². The Balaban J connectivity index is 1.21. The largest absolute Gasteiger partial charge is 0.494 e. The number of unbranched alkanes of at least 4 members (excludes halogenated alkanes) is 3. The van der Waals surface area contributed by atoms with Crippen LogP contribution in [0.2, 0.25) is 0 Å². The first-order valence-electron chi connectivity index (χ1n) is 9.77. The molecular weight excluding hydrogens is 347 g/mol. The Bertz CT molecular complexity index is 680. The SMILES string of the molecule is O=C(c1ccco1)N1CC[NH+](CCCCCCOc2ccc(F)cc2)CC1. The lowest BCUT2D eigenvalue weighted by Gasteiger charge is -2.31. The summed E-state index contributed by atoms with van der Waals surface area (Å²) in [4.78, 5) is 15.7. The number of furan rings is 1. The zero-order valence-corrected chi connectivity index (χ0v) is 15.7. The van der Waals surface area contributed by atoms with Gasteiger partial charge >= 0.3 is 0 Å². The van der Waals surface area contributed by atoms with Crippen molar-refractivity contribution in [3.05, 3.63) is 54.2 Å². The van der Waals surface area contributed by atoms with E-state index in [-0.39, 0.29) is 11.7 Å². The van der Waals surface area contributed by atoms with Gasteiger partial charge in [0.25, 0.3) is 5.91 Å². The minimum atomic E-state index is -0.240. The van der Waals surface area contributed by atoms with Gasteiger partial charge in [-0.3, -0.25) is 4.79 Å². The lowest BCUT2D eigenvalue weighted by Crippen LogP contribution is -3.14. The van der Waals surface area contributed by atoms with Crippen LogP contribution in [0.1, 0.15) is 36.2 Å². The number of benzene rings is 1. The quantitative estimate of drug-likeness (QED) is 0.685. The molecule has 0 radical (unpaired) electrons. The van der Waals surface area contributed by atoms with E-state index in [1.165, 1.54) is 25.0 Å². The predicted molar refractivity (Wildman–Crippen MR) is 101 cm³/mol. The number of carbonyl (C=O) groups excluding carboxylic acids is 1. The van der Waals surface area contributed by atoms with Crippen molar-refractivity contribution in [1.82, 2.24) is 4.90 Å². The lowest BCUT2D eigenvalue weighted by molar-refractivity contribution is -0.904. The first-order valence-corrected chi connectivity index (χ1v) is 9.77. The Labute approximate surface area is 159 Å². The van der Waals surface area contributed by atoms with E-state index in [1.807, 2.05) is 4.90 Å². The third-order valence-electron chi connectivity index (χ3n) is 5.00. The second-order valence-corrected chi connectivity index (χ2v) is 6.99. The fourth-order valence-corrected chi connectivity index (χ4v) is 3.38. The Morgan fingerprint density at radius 2 is 1.81 bits per heavy atom. The molecule has 2 aromatic rings. The molecule has 27 heavy (non-hydrogen) atoms. The highest BCUT2D eigenvalue weighted by Gasteiger charge is 2.25. The van der Waals surface area contributed by atoms with Crippen molar-refractivity contribution in [2.75, 3.05) is 39.3 Å². The Morgan fingerprint density at radius 1 is 1.07 bits per heavy atom. The van der Waals surface area contributed by atoms with E-state index < -0.39 is 0 Å². The zero-order valence-electron chi connectivity index (χ0n) is 15.7. The average Bonchev–Trinajstić information content (AvgIpc) is 3.23. The van der Waals surface area contributed by atoms with Crippen molar-refractivity contribution < 1.29 is 23.2 Å².